The van der Waals surface area contributed by atoms with E-state index in [1.807, 2.05) is 18.2 Å². The lowest BCUT2D eigenvalue weighted by molar-refractivity contribution is -0.384. The van der Waals surface area contributed by atoms with Gasteiger partial charge in [-0.2, -0.15) is 0 Å². The highest BCUT2D eigenvalue weighted by molar-refractivity contribution is 5.97. The Labute approximate surface area is 244 Å². The van der Waals surface area contributed by atoms with Crippen molar-refractivity contribution < 1.29 is 33.1 Å². The number of furan rings is 1. The van der Waals surface area contributed by atoms with Crippen LogP contribution in [-0.2, 0) is 22.5 Å². The molecule has 0 saturated carbocycles. The van der Waals surface area contributed by atoms with Crippen molar-refractivity contribution in [2.24, 2.45) is 0 Å². The van der Waals surface area contributed by atoms with E-state index >= 15 is 0 Å². The van der Waals surface area contributed by atoms with E-state index in [9.17, 15) is 19.7 Å². The van der Waals surface area contributed by atoms with Crippen LogP contribution >= 0.6 is 0 Å². The van der Waals surface area contributed by atoms with Crippen molar-refractivity contribution in [3.63, 3.8) is 0 Å². The quantitative estimate of drug-likeness (QED) is 0.209. The highest BCUT2D eigenvalue weighted by atomic mass is 16.6. The summed E-state index contributed by atoms with van der Waals surface area (Å²) in [6.45, 7) is 3.86. The van der Waals surface area contributed by atoms with Crippen molar-refractivity contribution in [2.75, 3.05) is 66.7 Å². The second-order valence-corrected chi connectivity index (χ2v) is 9.82. The van der Waals surface area contributed by atoms with Gasteiger partial charge in [-0.1, -0.05) is 12.1 Å². The summed E-state index contributed by atoms with van der Waals surface area (Å²) in [7, 11) is 3.14. The molecule has 0 unspecified atom stereocenters. The summed E-state index contributed by atoms with van der Waals surface area (Å²) in [4.78, 5) is 43.5. The average molecular weight is 581 g/mol. The lowest BCUT2D eigenvalue weighted by Crippen LogP contribution is -2.47. The monoisotopic (exact) mass is 580 g/mol. The Hall–Kier alpha value is -4.42. The number of benzene rings is 2. The van der Waals surface area contributed by atoms with Gasteiger partial charge in [0.25, 0.3) is 11.6 Å². The lowest BCUT2D eigenvalue weighted by atomic mass is 10.1. The standard InChI is InChI=1S/C30H36N4O8/c1-39-27-9-8-23(19-28(27)40-2)10-11-32(21-26-7-4-16-42-26)29(35)22-33(13-12-31-14-17-41-18-15-31)30(36)24-5-3-6-25(20-24)34(37)38/h3-9,16,19-20H,10-15,17-18,21-22H2,1-2H3. The third kappa shape index (κ3) is 8.30. The van der Waals surface area contributed by atoms with Crippen LogP contribution in [0.5, 0.6) is 11.5 Å². The number of non-ortho nitro benzene ring substituents is 1. The molecule has 0 radical (unpaired) electrons. The normalized spacial score (nSPS) is 13.4. The second-order valence-electron chi connectivity index (χ2n) is 9.82. The Bertz CT molecular complexity index is 1340. The zero-order valence-electron chi connectivity index (χ0n) is 23.9. The summed E-state index contributed by atoms with van der Waals surface area (Å²) in [6, 6.07) is 14.7. The Morgan fingerprint density at radius 1 is 0.976 bits per heavy atom. The first-order valence-corrected chi connectivity index (χ1v) is 13.7. The van der Waals surface area contributed by atoms with E-state index in [4.69, 9.17) is 18.6 Å². The van der Waals surface area contributed by atoms with Gasteiger partial charge in [-0.25, -0.2) is 0 Å². The number of amides is 2. The van der Waals surface area contributed by atoms with Crippen molar-refractivity contribution in [2.45, 2.75) is 13.0 Å². The molecule has 0 spiro atoms. The molecule has 12 heteroatoms. The van der Waals surface area contributed by atoms with E-state index in [-0.39, 0.29) is 36.8 Å². The lowest BCUT2D eigenvalue weighted by Gasteiger charge is -2.31. The Morgan fingerprint density at radius 2 is 1.76 bits per heavy atom. The zero-order chi connectivity index (χ0) is 29.9. The number of rotatable bonds is 14. The molecule has 224 valence electrons. The molecule has 4 rings (SSSR count). The number of carbonyl (C=O) groups excluding carboxylic acids is 2. The number of hydrogen-bond donors (Lipinski definition) is 0. The van der Waals surface area contributed by atoms with Gasteiger partial charge in [0.05, 0.1) is 45.2 Å². The summed E-state index contributed by atoms with van der Waals surface area (Å²) < 4.78 is 21.7. The molecular weight excluding hydrogens is 544 g/mol. The van der Waals surface area contributed by atoms with E-state index in [1.165, 1.54) is 29.2 Å². The minimum absolute atomic E-state index is 0.155. The number of methoxy groups -OCH3 is 2. The Balaban J connectivity index is 1.53. The van der Waals surface area contributed by atoms with Crippen molar-refractivity contribution in [3.8, 4) is 11.5 Å². The van der Waals surface area contributed by atoms with Gasteiger partial charge in [-0.05, 0) is 42.3 Å². The van der Waals surface area contributed by atoms with Gasteiger partial charge in [-0.15, -0.1) is 0 Å². The van der Waals surface area contributed by atoms with Gasteiger partial charge in [0.1, 0.15) is 12.3 Å². The second kappa shape index (κ2) is 15.0. The first kappa shape index (κ1) is 30.5. The third-order valence-corrected chi connectivity index (χ3v) is 7.10. The van der Waals surface area contributed by atoms with E-state index in [0.29, 0.717) is 50.0 Å². The molecule has 0 N–H and O–H groups in total. The van der Waals surface area contributed by atoms with Crippen LogP contribution in [0.25, 0.3) is 0 Å². The van der Waals surface area contributed by atoms with Crippen molar-refractivity contribution in [1.29, 1.82) is 0 Å². The van der Waals surface area contributed by atoms with Crippen molar-refractivity contribution in [3.05, 3.63) is 87.9 Å². The molecule has 1 aromatic heterocycles. The number of ether oxygens (including phenoxy) is 3. The Kier molecular flexibility index (Phi) is 10.9. The predicted molar refractivity (Wildman–Crippen MR) is 154 cm³/mol. The van der Waals surface area contributed by atoms with E-state index in [1.54, 1.807) is 37.5 Å². The molecule has 3 aromatic rings. The molecule has 0 aliphatic carbocycles. The molecule has 1 saturated heterocycles. The summed E-state index contributed by atoms with van der Waals surface area (Å²) in [5.74, 6) is 1.10. The SMILES string of the molecule is COc1ccc(CCN(Cc2ccco2)C(=O)CN(CCN2CCOCC2)C(=O)c2cccc([N+](=O)[O-])c2)cc1OC. The molecule has 1 fully saturated rings. The van der Waals surface area contributed by atoms with E-state index < -0.39 is 10.8 Å². The molecule has 2 aromatic carbocycles. The number of morpholine rings is 1. The first-order valence-electron chi connectivity index (χ1n) is 13.7. The number of hydrogen-bond acceptors (Lipinski definition) is 9. The molecule has 2 heterocycles. The molecule has 1 aliphatic heterocycles. The molecule has 42 heavy (non-hydrogen) atoms. The third-order valence-electron chi connectivity index (χ3n) is 7.10. The number of nitro groups is 1. The summed E-state index contributed by atoms with van der Waals surface area (Å²) in [5, 5.41) is 11.3. The van der Waals surface area contributed by atoms with Crippen molar-refractivity contribution in [1.82, 2.24) is 14.7 Å². The van der Waals surface area contributed by atoms with Gasteiger partial charge in [0.15, 0.2) is 11.5 Å². The minimum atomic E-state index is -0.542. The smallest absolute Gasteiger partial charge is 0.270 e. The van der Waals surface area contributed by atoms with Crippen LogP contribution in [0, 0.1) is 10.1 Å². The van der Waals surface area contributed by atoms with Gasteiger partial charge >= 0.3 is 0 Å². The fourth-order valence-corrected chi connectivity index (χ4v) is 4.72. The van der Waals surface area contributed by atoms with Crippen LogP contribution < -0.4 is 9.47 Å². The topological polar surface area (TPSA) is 128 Å². The maximum Gasteiger partial charge on any atom is 0.270 e. The van der Waals surface area contributed by atoms with Crippen LogP contribution in [0.2, 0.25) is 0 Å². The first-order chi connectivity index (χ1) is 20.4. The van der Waals surface area contributed by atoms with Crippen LogP contribution in [0.3, 0.4) is 0 Å². The van der Waals surface area contributed by atoms with Gasteiger partial charge in [0.2, 0.25) is 5.91 Å². The van der Waals surface area contributed by atoms with Gasteiger partial charge in [0, 0.05) is 50.4 Å². The highest BCUT2D eigenvalue weighted by Gasteiger charge is 2.25. The average Bonchev–Trinajstić information content (AvgIpc) is 3.54. The molecular formula is C30H36N4O8. The largest absolute Gasteiger partial charge is 0.493 e. The molecule has 1 aliphatic rings. The van der Waals surface area contributed by atoms with Gasteiger partial charge < -0.3 is 28.4 Å². The molecule has 0 atom stereocenters. The van der Waals surface area contributed by atoms with Crippen LogP contribution in [0.15, 0.2) is 65.3 Å². The van der Waals surface area contributed by atoms with E-state index in [2.05, 4.69) is 4.90 Å². The number of nitro benzene ring substituents is 1. The Morgan fingerprint density at radius 3 is 2.45 bits per heavy atom. The zero-order valence-corrected chi connectivity index (χ0v) is 23.9. The fraction of sp³-hybridized carbons (Fsp3) is 0.400. The van der Waals surface area contributed by atoms with E-state index in [0.717, 1.165) is 18.7 Å². The maximum atomic E-state index is 13.8. The van der Waals surface area contributed by atoms with Crippen LogP contribution in [0.4, 0.5) is 5.69 Å². The summed E-state index contributed by atoms with van der Waals surface area (Å²) in [6.07, 6.45) is 2.08. The fourth-order valence-electron chi connectivity index (χ4n) is 4.72. The van der Waals surface area contributed by atoms with Crippen LogP contribution in [-0.4, -0.2) is 98.1 Å². The van der Waals surface area contributed by atoms with Crippen LogP contribution in [0.1, 0.15) is 21.7 Å². The maximum absolute atomic E-state index is 13.8. The molecule has 0 bridgehead atoms. The molecule has 2 amide bonds. The van der Waals surface area contributed by atoms with Gasteiger partial charge in [-0.3, -0.25) is 24.6 Å². The minimum Gasteiger partial charge on any atom is -0.493 e. The number of nitrogens with zero attached hydrogens (tertiary/aromatic N) is 4. The summed E-state index contributed by atoms with van der Waals surface area (Å²) in [5.41, 5.74) is 0.915. The predicted octanol–water partition coefficient (Wildman–Crippen LogP) is 3.25. The van der Waals surface area contributed by atoms with Crippen molar-refractivity contribution >= 4 is 17.5 Å². The molecule has 12 nitrogen and oxygen atoms in total. The highest BCUT2D eigenvalue weighted by Crippen LogP contribution is 2.28. The summed E-state index contributed by atoms with van der Waals surface area (Å²) >= 11 is 0. The number of carbonyl (C=O) groups is 2.